The Morgan fingerprint density at radius 2 is 1.74 bits per heavy atom. The Bertz CT molecular complexity index is 1220. The van der Waals surface area contributed by atoms with Crippen molar-refractivity contribution in [1.82, 2.24) is 15.5 Å². The van der Waals surface area contributed by atoms with E-state index in [2.05, 4.69) is 15.5 Å². The molecule has 0 saturated heterocycles. The van der Waals surface area contributed by atoms with Crippen LogP contribution in [-0.2, 0) is 20.8 Å². The Labute approximate surface area is 221 Å². The summed E-state index contributed by atoms with van der Waals surface area (Å²) in [6, 6.07) is 12.2. The van der Waals surface area contributed by atoms with Gasteiger partial charge in [0.25, 0.3) is 5.91 Å². The summed E-state index contributed by atoms with van der Waals surface area (Å²) >= 11 is 0. The smallest absolute Gasteiger partial charge is 0.352 e. The number of carbonyl (C=O) groups excluding carboxylic acids is 2. The number of hydrogen-bond donors (Lipinski definition) is 2. The van der Waals surface area contributed by atoms with E-state index >= 15 is 0 Å². The maximum Gasteiger partial charge on any atom is 0.416 e. The van der Waals surface area contributed by atoms with Gasteiger partial charge in [0.15, 0.2) is 9.84 Å². The van der Waals surface area contributed by atoms with E-state index < -0.39 is 39.9 Å². The first-order valence-electron chi connectivity index (χ1n) is 12.5. The van der Waals surface area contributed by atoms with Crippen LogP contribution in [0.3, 0.4) is 0 Å². The zero-order chi connectivity index (χ0) is 28.1. The van der Waals surface area contributed by atoms with Gasteiger partial charge in [-0.2, -0.15) is 13.2 Å². The SMILES string of the molecule is CC(C)N(C)[C@H]1CC[C@@H](NC(=O)CNC(=O)c2cccc(C(F)(F)F)c2)C[C@H]1CS(=O)(=O)c1ccccc1. The van der Waals surface area contributed by atoms with Crippen LogP contribution in [0, 0.1) is 5.92 Å². The Hall–Kier alpha value is -2.92. The number of halogens is 3. The molecule has 2 N–H and O–H groups in total. The second-order valence-corrected chi connectivity index (χ2v) is 12.1. The number of amides is 2. The van der Waals surface area contributed by atoms with E-state index in [9.17, 15) is 31.2 Å². The van der Waals surface area contributed by atoms with Gasteiger partial charge in [-0.3, -0.25) is 9.59 Å². The van der Waals surface area contributed by atoms with Crippen LogP contribution < -0.4 is 10.6 Å². The van der Waals surface area contributed by atoms with E-state index in [0.717, 1.165) is 18.2 Å². The van der Waals surface area contributed by atoms with Crippen LogP contribution in [0.2, 0.25) is 0 Å². The molecule has 3 rings (SSSR count). The first-order chi connectivity index (χ1) is 17.8. The third kappa shape index (κ3) is 7.80. The Morgan fingerprint density at radius 3 is 2.37 bits per heavy atom. The van der Waals surface area contributed by atoms with Gasteiger partial charge in [0.1, 0.15) is 0 Å². The molecule has 38 heavy (non-hydrogen) atoms. The Balaban J connectivity index is 1.63. The van der Waals surface area contributed by atoms with Crippen molar-refractivity contribution in [3.05, 3.63) is 65.7 Å². The lowest BCUT2D eigenvalue weighted by molar-refractivity contribution is -0.137. The summed E-state index contributed by atoms with van der Waals surface area (Å²) in [5.41, 5.74) is -1.15. The minimum absolute atomic E-state index is 0.0160. The standard InChI is InChI=1S/C27H34F3N3O4S/c1-18(2)33(3)24-13-12-22(15-20(24)17-38(36,37)23-10-5-4-6-11-23)32-25(34)16-31-26(35)19-8-7-9-21(14-19)27(28,29)30/h4-11,14,18,20,22,24H,12-13,15-17H2,1-3H3,(H,31,35)(H,32,34)/t20-,22+,24-/m0/s1. The van der Waals surface area contributed by atoms with Crippen molar-refractivity contribution in [1.29, 1.82) is 0 Å². The van der Waals surface area contributed by atoms with Crippen molar-refractivity contribution in [2.24, 2.45) is 5.92 Å². The van der Waals surface area contributed by atoms with Crippen LogP contribution in [-0.4, -0.2) is 62.6 Å². The molecule has 2 amide bonds. The molecule has 0 unspecified atom stereocenters. The monoisotopic (exact) mass is 553 g/mol. The maximum absolute atomic E-state index is 13.1. The van der Waals surface area contributed by atoms with Gasteiger partial charge >= 0.3 is 6.18 Å². The van der Waals surface area contributed by atoms with E-state index in [0.29, 0.717) is 19.3 Å². The molecule has 0 heterocycles. The van der Waals surface area contributed by atoms with Crippen LogP contribution in [0.4, 0.5) is 13.2 Å². The lowest BCUT2D eigenvalue weighted by Crippen LogP contribution is -2.52. The van der Waals surface area contributed by atoms with Gasteiger partial charge in [-0.05, 0) is 76.4 Å². The van der Waals surface area contributed by atoms with Crippen LogP contribution >= 0.6 is 0 Å². The highest BCUT2D eigenvalue weighted by molar-refractivity contribution is 7.91. The summed E-state index contributed by atoms with van der Waals surface area (Å²) in [5.74, 6) is -1.57. The van der Waals surface area contributed by atoms with Crippen molar-refractivity contribution in [2.45, 2.75) is 62.3 Å². The zero-order valence-corrected chi connectivity index (χ0v) is 22.5. The number of benzene rings is 2. The quantitative estimate of drug-likeness (QED) is 0.491. The topological polar surface area (TPSA) is 95.6 Å². The van der Waals surface area contributed by atoms with Gasteiger partial charge in [0.05, 0.1) is 22.8 Å². The number of nitrogens with zero attached hydrogens (tertiary/aromatic N) is 1. The fourth-order valence-electron chi connectivity index (χ4n) is 4.86. The van der Waals surface area contributed by atoms with Crippen molar-refractivity contribution in [3.63, 3.8) is 0 Å². The molecule has 11 heteroatoms. The number of carbonyl (C=O) groups is 2. The molecular weight excluding hydrogens is 519 g/mol. The lowest BCUT2D eigenvalue weighted by atomic mass is 9.81. The molecule has 0 spiro atoms. The fourth-order valence-corrected chi connectivity index (χ4v) is 6.55. The van der Waals surface area contributed by atoms with Crippen LogP contribution in [0.25, 0.3) is 0 Å². The molecule has 1 aliphatic carbocycles. The van der Waals surface area contributed by atoms with Crippen LogP contribution in [0.15, 0.2) is 59.5 Å². The van der Waals surface area contributed by atoms with Gasteiger partial charge < -0.3 is 15.5 Å². The summed E-state index contributed by atoms with van der Waals surface area (Å²) in [4.78, 5) is 27.3. The molecule has 208 valence electrons. The average Bonchev–Trinajstić information content (AvgIpc) is 2.87. The first-order valence-corrected chi connectivity index (χ1v) is 14.2. The highest BCUT2D eigenvalue weighted by atomic mass is 32.2. The third-order valence-electron chi connectivity index (χ3n) is 7.04. The molecule has 7 nitrogen and oxygen atoms in total. The Morgan fingerprint density at radius 1 is 1.05 bits per heavy atom. The maximum atomic E-state index is 13.1. The summed E-state index contributed by atoms with van der Waals surface area (Å²) in [6.45, 7) is 3.68. The number of nitrogens with one attached hydrogen (secondary N) is 2. The molecule has 0 aromatic heterocycles. The van der Waals surface area contributed by atoms with Gasteiger partial charge in [-0.25, -0.2) is 8.42 Å². The van der Waals surface area contributed by atoms with Crippen LogP contribution in [0.1, 0.15) is 49.0 Å². The van der Waals surface area contributed by atoms with Crippen LogP contribution in [0.5, 0.6) is 0 Å². The molecule has 0 aliphatic heterocycles. The zero-order valence-electron chi connectivity index (χ0n) is 21.7. The molecule has 2 aromatic carbocycles. The molecule has 1 fully saturated rings. The molecule has 2 aromatic rings. The molecule has 0 bridgehead atoms. The number of rotatable bonds is 9. The number of sulfone groups is 1. The number of hydrogen-bond acceptors (Lipinski definition) is 5. The molecule has 1 aliphatic rings. The normalized spacial score (nSPS) is 20.4. The fraction of sp³-hybridized carbons (Fsp3) is 0.481. The predicted molar refractivity (Wildman–Crippen MR) is 138 cm³/mol. The lowest BCUT2D eigenvalue weighted by Gasteiger charge is -2.42. The second kappa shape index (κ2) is 12.3. The predicted octanol–water partition coefficient (Wildman–Crippen LogP) is 3.90. The Kier molecular flexibility index (Phi) is 9.59. The van der Waals surface area contributed by atoms with Crippen molar-refractivity contribution in [3.8, 4) is 0 Å². The molecular formula is C27H34F3N3O4S. The van der Waals surface area contributed by atoms with Gasteiger partial charge in [-0.15, -0.1) is 0 Å². The largest absolute Gasteiger partial charge is 0.416 e. The van der Waals surface area contributed by atoms with E-state index in [1.54, 1.807) is 30.3 Å². The highest BCUT2D eigenvalue weighted by Gasteiger charge is 2.37. The molecule has 1 saturated carbocycles. The highest BCUT2D eigenvalue weighted by Crippen LogP contribution is 2.32. The summed E-state index contributed by atoms with van der Waals surface area (Å²) in [7, 11) is -1.57. The molecule has 0 radical (unpaired) electrons. The molecule has 3 atom stereocenters. The second-order valence-electron chi connectivity index (χ2n) is 10.0. The van der Waals surface area contributed by atoms with E-state index in [1.807, 2.05) is 20.9 Å². The minimum Gasteiger partial charge on any atom is -0.352 e. The van der Waals surface area contributed by atoms with Gasteiger partial charge in [-0.1, -0.05) is 24.3 Å². The summed E-state index contributed by atoms with van der Waals surface area (Å²) in [5, 5.41) is 5.22. The van der Waals surface area contributed by atoms with Crippen molar-refractivity contribution >= 4 is 21.7 Å². The van der Waals surface area contributed by atoms with E-state index in [1.165, 1.54) is 6.07 Å². The number of alkyl halides is 3. The van der Waals surface area contributed by atoms with E-state index in [4.69, 9.17) is 0 Å². The average molecular weight is 554 g/mol. The minimum atomic E-state index is -4.58. The van der Waals surface area contributed by atoms with Gasteiger partial charge in [0.2, 0.25) is 5.91 Å². The summed E-state index contributed by atoms with van der Waals surface area (Å²) in [6.07, 6.45) is -2.82. The summed E-state index contributed by atoms with van der Waals surface area (Å²) < 4.78 is 65.0. The van der Waals surface area contributed by atoms with Crippen molar-refractivity contribution in [2.75, 3.05) is 19.3 Å². The first kappa shape index (κ1) is 29.6. The van der Waals surface area contributed by atoms with Crippen molar-refractivity contribution < 1.29 is 31.2 Å². The third-order valence-corrected chi connectivity index (χ3v) is 8.90. The van der Waals surface area contributed by atoms with Gasteiger partial charge in [0, 0.05) is 23.7 Å². The van der Waals surface area contributed by atoms with E-state index in [-0.39, 0.29) is 40.3 Å².